The van der Waals surface area contributed by atoms with E-state index in [0.29, 0.717) is 12.2 Å². The number of amides is 1. The van der Waals surface area contributed by atoms with Gasteiger partial charge < -0.3 is 10.6 Å². The Morgan fingerprint density at radius 1 is 1.08 bits per heavy atom. The van der Waals surface area contributed by atoms with Crippen LogP contribution in [0.5, 0.6) is 0 Å². The Morgan fingerprint density at radius 3 is 2.72 bits per heavy atom. The maximum absolute atomic E-state index is 12.3. The van der Waals surface area contributed by atoms with Crippen molar-refractivity contribution in [2.75, 3.05) is 5.32 Å². The van der Waals surface area contributed by atoms with Gasteiger partial charge in [-0.15, -0.1) is 0 Å². The fourth-order valence-corrected chi connectivity index (χ4v) is 2.52. The number of aromatic nitrogens is 2. The summed E-state index contributed by atoms with van der Waals surface area (Å²) in [6, 6.07) is 13.6. The van der Waals surface area contributed by atoms with Gasteiger partial charge in [-0.2, -0.15) is 0 Å². The smallest absolute Gasteiger partial charge is 0.270 e. The summed E-state index contributed by atoms with van der Waals surface area (Å²) in [4.78, 5) is 20.5. The molecule has 0 fully saturated rings. The van der Waals surface area contributed by atoms with E-state index in [1.165, 1.54) is 5.56 Å². The topological polar surface area (TPSA) is 66.9 Å². The Bertz CT molecular complexity index is 878. The molecule has 1 aromatic carbocycles. The molecule has 0 spiro atoms. The average Bonchev–Trinajstić information content (AvgIpc) is 2.63. The number of hydrogen-bond donors (Lipinski definition) is 2. The van der Waals surface area contributed by atoms with Gasteiger partial charge in [-0.05, 0) is 49.2 Å². The van der Waals surface area contributed by atoms with Gasteiger partial charge in [0, 0.05) is 36.5 Å². The number of pyridine rings is 2. The molecule has 0 atom stereocenters. The first-order chi connectivity index (χ1) is 12.1. The van der Waals surface area contributed by atoms with Crippen LogP contribution in [0.1, 0.15) is 27.2 Å². The molecule has 0 bridgehead atoms. The third kappa shape index (κ3) is 4.41. The molecule has 5 nitrogen and oxygen atoms in total. The molecule has 0 radical (unpaired) electrons. The normalized spacial score (nSPS) is 10.3. The molecule has 0 aliphatic heterocycles. The van der Waals surface area contributed by atoms with Gasteiger partial charge >= 0.3 is 0 Å². The molecule has 2 aromatic heterocycles. The van der Waals surface area contributed by atoms with Gasteiger partial charge in [0.1, 0.15) is 5.69 Å². The first-order valence-corrected chi connectivity index (χ1v) is 8.09. The number of nitrogens with one attached hydrogen (secondary N) is 2. The van der Waals surface area contributed by atoms with Crippen LogP contribution < -0.4 is 10.6 Å². The summed E-state index contributed by atoms with van der Waals surface area (Å²) in [5, 5.41) is 6.19. The zero-order chi connectivity index (χ0) is 17.6. The number of nitrogens with zero attached hydrogens (tertiary/aromatic N) is 2. The highest BCUT2D eigenvalue weighted by molar-refractivity contribution is 5.93. The minimum atomic E-state index is -0.215. The van der Waals surface area contributed by atoms with E-state index < -0.39 is 0 Å². The molecule has 25 heavy (non-hydrogen) atoms. The van der Waals surface area contributed by atoms with Gasteiger partial charge in [0.15, 0.2) is 0 Å². The van der Waals surface area contributed by atoms with Crippen molar-refractivity contribution < 1.29 is 4.79 Å². The summed E-state index contributed by atoms with van der Waals surface area (Å²) in [7, 11) is 0. The Hall–Kier alpha value is -3.21. The van der Waals surface area contributed by atoms with E-state index in [4.69, 9.17) is 0 Å². The lowest BCUT2D eigenvalue weighted by Gasteiger charge is -2.11. The number of hydrogen-bond acceptors (Lipinski definition) is 4. The Kier molecular flexibility index (Phi) is 5.04. The Labute approximate surface area is 147 Å². The van der Waals surface area contributed by atoms with Crippen LogP contribution in [-0.2, 0) is 6.54 Å². The lowest BCUT2D eigenvalue weighted by atomic mass is 10.1. The molecule has 0 unspecified atom stereocenters. The van der Waals surface area contributed by atoms with E-state index >= 15 is 0 Å². The largest absolute Gasteiger partial charge is 0.355 e. The lowest BCUT2D eigenvalue weighted by Crippen LogP contribution is -2.23. The second kappa shape index (κ2) is 7.57. The van der Waals surface area contributed by atoms with E-state index in [9.17, 15) is 4.79 Å². The molecule has 0 saturated carbocycles. The van der Waals surface area contributed by atoms with Gasteiger partial charge in [0.2, 0.25) is 0 Å². The lowest BCUT2D eigenvalue weighted by molar-refractivity contribution is 0.0946. The van der Waals surface area contributed by atoms with Crippen molar-refractivity contribution in [2.24, 2.45) is 0 Å². The quantitative estimate of drug-likeness (QED) is 0.746. The van der Waals surface area contributed by atoms with E-state index in [0.717, 1.165) is 22.5 Å². The highest BCUT2D eigenvalue weighted by Crippen LogP contribution is 2.21. The van der Waals surface area contributed by atoms with Gasteiger partial charge in [-0.1, -0.05) is 23.8 Å². The number of carbonyl (C=O) groups is 1. The summed E-state index contributed by atoms with van der Waals surface area (Å²) in [6.45, 7) is 4.54. The van der Waals surface area contributed by atoms with Crippen molar-refractivity contribution in [1.82, 2.24) is 15.3 Å². The minimum Gasteiger partial charge on any atom is -0.355 e. The minimum absolute atomic E-state index is 0.215. The zero-order valence-electron chi connectivity index (χ0n) is 14.3. The van der Waals surface area contributed by atoms with Crippen LogP contribution in [0, 0.1) is 13.8 Å². The second-order valence-corrected chi connectivity index (χ2v) is 5.92. The molecule has 3 aromatic rings. The van der Waals surface area contributed by atoms with Crippen molar-refractivity contribution in [1.29, 1.82) is 0 Å². The molecule has 2 N–H and O–H groups in total. The van der Waals surface area contributed by atoms with E-state index in [1.807, 2.05) is 24.3 Å². The number of rotatable bonds is 5. The fraction of sp³-hybridized carbons (Fsp3) is 0.150. The summed E-state index contributed by atoms with van der Waals surface area (Å²) in [6.07, 6.45) is 5.06. The van der Waals surface area contributed by atoms with Crippen molar-refractivity contribution in [3.05, 3.63) is 83.4 Å². The molecule has 0 aliphatic carbocycles. The monoisotopic (exact) mass is 332 g/mol. The van der Waals surface area contributed by atoms with Crippen LogP contribution in [0.3, 0.4) is 0 Å². The van der Waals surface area contributed by atoms with E-state index in [-0.39, 0.29) is 5.91 Å². The van der Waals surface area contributed by atoms with Crippen molar-refractivity contribution in [3.8, 4) is 0 Å². The third-order valence-electron chi connectivity index (χ3n) is 3.83. The van der Waals surface area contributed by atoms with Gasteiger partial charge in [0.05, 0.1) is 0 Å². The zero-order valence-corrected chi connectivity index (χ0v) is 14.3. The molecular weight excluding hydrogens is 312 g/mol. The van der Waals surface area contributed by atoms with Gasteiger partial charge in [-0.3, -0.25) is 14.8 Å². The van der Waals surface area contributed by atoms with Crippen molar-refractivity contribution >= 4 is 17.3 Å². The molecular formula is C20H20N4O. The Balaban J connectivity index is 1.69. The standard InChI is InChI=1S/C20H20N4O/c1-14-5-6-18(15(2)10-14)24-17-7-9-22-19(11-17)20(25)23-13-16-4-3-8-21-12-16/h3-12H,13H2,1-2H3,(H,22,24)(H,23,25). The number of benzene rings is 1. The number of anilines is 2. The first kappa shape index (κ1) is 16.6. The van der Waals surface area contributed by atoms with Crippen LogP contribution in [0.2, 0.25) is 0 Å². The van der Waals surface area contributed by atoms with E-state index in [1.54, 1.807) is 24.7 Å². The maximum Gasteiger partial charge on any atom is 0.270 e. The molecule has 126 valence electrons. The predicted octanol–water partition coefficient (Wildman–Crippen LogP) is 3.77. The number of aryl methyl sites for hydroxylation is 2. The average molecular weight is 332 g/mol. The fourth-order valence-electron chi connectivity index (χ4n) is 2.52. The summed E-state index contributed by atoms with van der Waals surface area (Å²) in [5.41, 5.74) is 5.53. The highest BCUT2D eigenvalue weighted by Gasteiger charge is 2.08. The molecule has 3 rings (SSSR count). The molecule has 2 heterocycles. The van der Waals surface area contributed by atoms with Gasteiger partial charge in [-0.25, -0.2) is 0 Å². The number of carbonyl (C=O) groups excluding carboxylic acids is 1. The molecule has 0 saturated heterocycles. The van der Waals surface area contributed by atoms with Crippen molar-refractivity contribution in [2.45, 2.75) is 20.4 Å². The van der Waals surface area contributed by atoms with Gasteiger partial charge in [0.25, 0.3) is 5.91 Å². The summed E-state index contributed by atoms with van der Waals surface area (Å²) >= 11 is 0. The highest BCUT2D eigenvalue weighted by atomic mass is 16.1. The summed E-state index contributed by atoms with van der Waals surface area (Å²) < 4.78 is 0. The van der Waals surface area contributed by atoms with Crippen LogP contribution in [0.4, 0.5) is 11.4 Å². The van der Waals surface area contributed by atoms with E-state index in [2.05, 4.69) is 46.6 Å². The van der Waals surface area contributed by atoms with Crippen LogP contribution in [0.15, 0.2) is 61.1 Å². The predicted molar refractivity (Wildman–Crippen MR) is 98.8 cm³/mol. The maximum atomic E-state index is 12.3. The van der Waals surface area contributed by atoms with Crippen molar-refractivity contribution in [3.63, 3.8) is 0 Å². The Morgan fingerprint density at radius 2 is 1.96 bits per heavy atom. The summed E-state index contributed by atoms with van der Waals surface area (Å²) in [5.74, 6) is -0.215. The molecule has 5 heteroatoms. The third-order valence-corrected chi connectivity index (χ3v) is 3.83. The van der Waals surface area contributed by atoms with Crippen LogP contribution in [0.25, 0.3) is 0 Å². The SMILES string of the molecule is Cc1ccc(Nc2ccnc(C(=O)NCc3cccnc3)c2)c(C)c1. The molecule has 0 aliphatic rings. The van der Waals surface area contributed by atoms with Crippen LogP contribution >= 0.6 is 0 Å². The second-order valence-electron chi connectivity index (χ2n) is 5.92. The molecule has 1 amide bonds. The first-order valence-electron chi connectivity index (χ1n) is 8.09. The van der Waals surface area contributed by atoms with Crippen LogP contribution in [-0.4, -0.2) is 15.9 Å².